The van der Waals surface area contributed by atoms with Gasteiger partial charge in [0.1, 0.15) is 18.0 Å². The highest BCUT2D eigenvalue weighted by Crippen LogP contribution is 2.26. The molecule has 1 fully saturated rings. The normalized spacial score (nSPS) is 15.5. The zero-order valence-electron chi connectivity index (χ0n) is 15.8. The highest BCUT2D eigenvalue weighted by Gasteiger charge is 2.39. The Labute approximate surface area is 166 Å². The zero-order chi connectivity index (χ0) is 18.4. The summed E-state index contributed by atoms with van der Waals surface area (Å²) >= 11 is 0. The minimum Gasteiger partial charge on any atom is -0.489 e. The molecule has 2 N–H and O–H groups in total. The number of ether oxygens (including phenoxy) is 2. The molecule has 0 saturated carbocycles. The Kier molecular flexibility index (Phi) is 7.66. The highest BCUT2D eigenvalue weighted by molar-refractivity contribution is 5.97. The lowest BCUT2D eigenvalue weighted by Gasteiger charge is -2.34. The van der Waals surface area contributed by atoms with E-state index in [2.05, 4.69) is 29.7 Å². The van der Waals surface area contributed by atoms with Crippen LogP contribution in [0.2, 0.25) is 0 Å². The molecule has 0 atom stereocenters. The van der Waals surface area contributed by atoms with E-state index in [1.165, 1.54) is 5.56 Å². The Morgan fingerprint density at radius 2 is 1.89 bits per heavy atom. The van der Waals surface area contributed by atoms with E-state index in [1.807, 2.05) is 36.4 Å². The van der Waals surface area contributed by atoms with Crippen LogP contribution in [0, 0.1) is 6.92 Å². The van der Waals surface area contributed by atoms with Gasteiger partial charge >= 0.3 is 0 Å². The third kappa shape index (κ3) is 5.45. The van der Waals surface area contributed by atoms with E-state index in [4.69, 9.17) is 9.47 Å². The largest absolute Gasteiger partial charge is 0.489 e. The van der Waals surface area contributed by atoms with Crippen LogP contribution in [0.5, 0.6) is 5.75 Å². The molecular weight excluding hydrogens is 364 g/mol. The molecule has 3 rings (SSSR count). The molecule has 146 valence electrons. The second-order valence-electron chi connectivity index (χ2n) is 6.71. The average Bonchev–Trinajstić information content (AvgIpc) is 2.67. The number of aryl methyl sites for hydroxylation is 1. The van der Waals surface area contributed by atoms with E-state index in [-0.39, 0.29) is 18.3 Å². The smallest absolute Gasteiger partial charge is 0.256 e. The van der Waals surface area contributed by atoms with E-state index in [0.717, 1.165) is 24.4 Å². The van der Waals surface area contributed by atoms with Gasteiger partial charge in [-0.3, -0.25) is 4.79 Å². The molecule has 1 aliphatic rings. The molecule has 1 saturated heterocycles. The molecule has 0 aromatic heterocycles. The second-order valence-corrected chi connectivity index (χ2v) is 6.71. The Bertz CT molecular complexity index is 761. The van der Waals surface area contributed by atoms with Crippen LogP contribution in [-0.2, 0) is 16.1 Å². The highest BCUT2D eigenvalue weighted by atomic mass is 35.5. The summed E-state index contributed by atoms with van der Waals surface area (Å²) in [4.78, 5) is 12.7. The first-order valence-corrected chi connectivity index (χ1v) is 8.97. The SMILES string of the molecule is COC1(C(=O)Nc2cccc(OCc3cccc(C)c3)c2)CCNCC1.Cl. The fraction of sp³-hybridized carbons (Fsp3) is 0.381. The summed E-state index contributed by atoms with van der Waals surface area (Å²) in [6, 6.07) is 15.7. The molecule has 6 heteroatoms. The van der Waals surface area contributed by atoms with Crippen molar-refractivity contribution in [3.05, 3.63) is 59.7 Å². The number of methoxy groups -OCH3 is 1. The Hall–Kier alpha value is -2.08. The number of carbonyl (C=O) groups excluding carboxylic acids is 1. The van der Waals surface area contributed by atoms with Crippen LogP contribution in [0.25, 0.3) is 0 Å². The molecule has 0 bridgehead atoms. The number of nitrogens with one attached hydrogen (secondary N) is 2. The molecule has 1 heterocycles. The van der Waals surface area contributed by atoms with Crippen molar-refractivity contribution in [3.63, 3.8) is 0 Å². The third-order valence-corrected chi connectivity index (χ3v) is 4.80. The maximum Gasteiger partial charge on any atom is 0.256 e. The van der Waals surface area contributed by atoms with Gasteiger partial charge in [-0.25, -0.2) is 0 Å². The van der Waals surface area contributed by atoms with Crippen molar-refractivity contribution in [1.82, 2.24) is 5.32 Å². The number of hydrogen-bond acceptors (Lipinski definition) is 4. The summed E-state index contributed by atoms with van der Waals surface area (Å²) in [6.45, 7) is 4.11. The van der Waals surface area contributed by atoms with Crippen LogP contribution in [0.4, 0.5) is 5.69 Å². The molecule has 0 aliphatic carbocycles. The van der Waals surface area contributed by atoms with Crippen molar-refractivity contribution >= 4 is 24.0 Å². The van der Waals surface area contributed by atoms with Crippen LogP contribution in [0.1, 0.15) is 24.0 Å². The lowest BCUT2D eigenvalue weighted by atomic mass is 9.91. The topological polar surface area (TPSA) is 59.6 Å². The summed E-state index contributed by atoms with van der Waals surface area (Å²) in [5.74, 6) is 0.624. The van der Waals surface area contributed by atoms with Gasteiger partial charge in [-0.05, 0) is 50.6 Å². The number of hydrogen-bond donors (Lipinski definition) is 2. The summed E-state index contributed by atoms with van der Waals surface area (Å²) < 4.78 is 11.4. The van der Waals surface area contributed by atoms with Gasteiger partial charge in [-0.2, -0.15) is 0 Å². The Morgan fingerprint density at radius 1 is 1.15 bits per heavy atom. The van der Waals surface area contributed by atoms with Crippen LogP contribution < -0.4 is 15.4 Å². The second kappa shape index (κ2) is 9.74. The number of halogens is 1. The molecule has 2 aromatic carbocycles. The number of carbonyl (C=O) groups is 1. The van der Waals surface area contributed by atoms with E-state index >= 15 is 0 Å². The van der Waals surface area contributed by atoms with Crippen LogP contribution >= 0.6 is 12.4 Å². The Balaban J connectivity index is 0.00000261. The molecule has 0 unspecified atom stereocenters. The molecule has 5 nitrogen and oxygen atoms in total. The van der Waals surface area contributed by atoms with Crippen molar-refractivity contribution in [2.75, 3.05) is 25.5 Å². The quantitative estimate of drug-likeness (QED) is 0.789. The van der Waals surface area contributed by atoms with E-state index in [1.54, 1.807) is 7.11 Å². The predicted octanol–water partition coefficient (Wildman–Crippen LogP) is 3.70. The maximum atomic E-state index is 12.7. The van der Waals surface area contributed by atoms with Gasteiger partial charge < -0.3 is 20.1 Å². The number of amides is 1. The zero-order valence-corrected chi connectivity index (χ0v) is 16.6. The maximum absolute atomic E-state index is 12.7. The minimum absolute atomic E-state index is 0. The first-order valence-electron chi connectivity index (χ1n) is 8.97. The van der Waals surface area contributed by atoms with E-state index in [0.29, 0.717) is 25.1 Å². The summed E-state index contributed by atoms with van der Waals surface area (Å²) in [6.07, 6.45) is 1.33. The summed E-state index contributed by atoms with van der Waals surface area (Å²) in [7, 11) is 1.60. The Morgan fingerprint density at radius 3 is 2.59 bits per heavy atom. The lowest BCUT2D eigenvalue weighted by Crippen LogP contribution is -2.51. The van der Waals surface area contributed by atoms with Crippen molar-refractivity contribution in [1.29, 1.82) is 0 Å². The van der Waals surface area contributed by atoms with Gasteiger partial charge in [0, 0.05) is 18.9 Å². The average molecular weight is 391 g/mol. The van der Waals surface area contributed by atoms with Crippen molar-refractivity contribution in [3.8, 4) is 5.75 Å². The van der Waals surface area contributed by atoms with Gasteiger partial charge in [0.15, 0.2) is 0 Å². The van der Waals surface area contributed by atoms with Crippen molar-refractivity contribution < 1.29 is 14.3 Å². The van der Waals surface area contributed by atoms with Gasteiger partial charge in [0.05, 0.1) is 0 Å². The monoisotopic (exact) mass is 390 g/mol. The number of anilines is 1. The third-order valence-electron chi connectivity index (χ3n) is 4.80. The van der Waals surface area contributed by atoms with E-state index < -0.39 is 5.60 Å². The predicted molar refractivity (Wildman–Crippen MR) is 110 cm³/mol. The van der Waals surface area contributed by atoms with Crippen molar-refractivity contribution in [2.24, 2.45) is 0 Å². The molecule has 0 radical (unpaired) electrons. The fourth-order valence-electron chi connectivity index (χ4n) is 3.23. The van der Waals surface area contributed by atoms with Crippen LogP contribution in [0.3, 0.4) is 0 Å². The number of benzene rings is 2. The molecule has 1 amide bonds. The van der Waals surface area contributed by atoms with Crippen LogP contribution in [0.15, 0.2) is 48.5 Å². The molecule has 1 aliphatic heterocycles. The summed E-state index contributed by atoms with van der Waals surface area (Å²) in [5.41, 5.74) is 2.28. The minimum atomic E-state index is -0.760. The number of piperidine rings is 1. The van der Waals surface area contributed by atoms with Gasteiger partial charge in [0.25, 0.3) is 5.91 Å². The molecule has 27 heavy (non-hydrogen) atoms. The standard InChI is InChI=1S/C21H26N2O3.ClH/c1-16-5-3-6-17(13-16)15-26-19-8-4-7-18(14-19)23-20(24)21(25-2)9-11-22-12-10-21;/h3-8,13-14,22H,9-12,15H2,1-2H3,(H,23,24);1H. The first-order chi connectivity index (χ1) is 12.6. The van der Waals surface area contributed by atoms with Crippen molar-refractivity contribution in [2.45, 2.75) is 32.0 Å². The lowest BCUT2D eigenvalue weighted by molar-refractivity contribution is -0.140. The van der Waals surface area contributed by atoms with Gasteiger partial charge in [-0.1, -0.05) is 35.9 Å². The van der Waals surface area contributed by atoms with Gasteiger partial charge in [0.2, 0.25) is 0 Å². The first kappa shape index (κ1) is 21.2. The molecule has 2 aromatic rings. The number of rotatable bonds is 6. The summed E-state index contributed by atoms with van der Waals surface area (Å²) in [5, 5.41) is 6.24. The van der Waals surface area contributed by atoms with E-state index in [9.17, 15) is 4.79 Å². The fourth-order valence-corrected chi connectivity index (χ4v) is 3.23. The molecule has 0 spiro atoms. The molecular formula is C21H27ClN2O3. The van der Waals surface area contributed by atoms with Gasteiger partial charge in [-0.15, -0.1) is 12.4 Å². The van der Waals surface area contributed by atoms with Crippen LogP contribution in [-0.4, -0.2) is 31.7 Å².